The maximum absolute atomic E-state index is 12.4. The summed E-state index contributed by atoms with van der Waals surface area (Å²) in [5.74, 6) is 1.58. The van der Waals surface area contributed by atoms with Crippen LogP contribution in [-0.2, 0) is 9.47 Å². The van der Waals surface area contributed by atoms with Crippen molar-refractivity contribution in [1.29, 1.82) is 0 Å². The third-order valence-corrected chi connectivity index (χ3v) is 4.10. The van der Waals surface area contributed by atoms with Crippen molar-refractivity contribution in [3.05, 3.63) is 47.7 Å². The standard InChI is InChI=1S/C18H21NO4/c1-12-3-8-16(23-12)13-4-6-14(7-5-13)18(20)19-15-9-10-22-11-17(15)21-2/h3-8,15,17H,9-11H2,1-2H3,(H,19,20)/t15-,17-/m1/s1. The molecule has 0 spiro atoms. The van der Waals surface area contributed by atoms with Crippen LogP contribution in [0.5, 0.6) is 0 Å². The maximum Gasteiger partial charge on any atom is 0.251 e. The van der Waals surface area contributed by atoms with E-state index in [1.165, 1.54) is 0 Å². The Morgan fingerprint density at radius 3 is 2.65 bits per heavy atom. The Kier molecular flexibility index (Phi) is 4.79. The topological polar surface area (TPSA) is 60.7 Å². The Hall–Kier alpha value is -2.11. The number of rotatable bonds is 4. The number of furan rings is 1. The molecule has 1 aromatic carbocycles. The van der Waals surface area contributed by atoms with E-state index in [0.717, 1.165) is 23.5 Å². The molecule has 1 saturated heterocycles. The number of methoxy groups -OCH3 is 1. The number of hydrogen-bond donors (Lipinski definition) is 1. The van der Waals surface area contributed by atoms with Crippen LogP contribution >= 0.6 is 0 Å². The number of amides is 1. The number of carbonyl (C=O) groups excluding carboxylic acids is 1. The zero-order valence-electron chi connectivity index (χ0n) is 13.4. The van der Waals surface area contributed by atoms with Gasteiger partial charge in [0, 0.05) is 24.8 Å². The lowest BCUT2D eigenvalue weighted by Crippen LogP contribution is -2.49. The molecular formula is C18H21NO4. The highest BCUT2D eigenvalue weighted by molar-refractivity contribution is 5.94. The van der Waals surface area contributed by atoms with Crippen LogP contribution in [0.1, 0.15) is 22.5 Å². The van der Waals surface area contributed by atoms with Gasteiger partial charge in [-0.15, -0.1) is 0 Å². The fraction of sp³-hybridized carbons (Fsp3) is 0.389. The third kappa shape index (κ3) is 3.63. The molecule has 3 rings (SSSR count). The van der Waals surface area contributed by atoms with E-state index in [4.69, 9.17) is 13.9 Å². The number of hydrogen-bond acceptors (Lipinski definition) is 4. The summed E-state index contributed by atoms with van der Waals surface area (Å²) in [6, 6.07) is 11.2. The van der Waals surface area contributed by atoms with E-state index < -0.39 is 0 Å². The van der Waals surface area contributed by atoms with Gasteiger partial charge in [-0.2, -0.15) is 0 Å². The van der Waals surface area contributed by atoms with Gasteiger partial charge < -0.3 is 19.2 Å². The Morgan fingerprint density at radius 2 is 2.00 bits per heavy atom. The largest absolute Gasteiger partial charge is 0.461 e. The van der Waals surface area contributed by atoms with Crippen LogP contribution in [0.15, 0.2) is 40.8 Å². The SMILES string of the molecule is CO[C@@H]1COCC[C@H]1NC(=O)c1ccc(-c2ccc(C)o2)cc1. The lowest BCUT2D eigenvalue weighted by atomic mass is 10.0. The first-order valence-electron chi connectivity index (χ1n) is 7.75. The van der Waals surface area contributed by atoms with Crippen LogP contribution in [0.25, 0.3) is 11.3 Å². The van der Waals surface area contributed by atoms with Crippen molar-refractivity contribution in [3.63, 3.8) is 0 Å². The lowest BCUT2D eigenvalue weighted by Gasteiger charge is -2.31. The summed E-state index contributed by atoms with van der Waals surface area (Å²) >= 11 is 0. The van der Waals surface area contributed by atoms with Crippen LogP contribution in [0.4, 0.5) is 0 Å². The predicted molar refractivity (Wildman–Crippen MR) is 86.4 cm³/mol. The first kappa shape index (κ1) is 15.8. The molecule has 1 aliphatic rings. The molecule has 1 aromatic heterocycles. The highest BCUT2D eigenvalue weighted by Gasteiger charge is 2.27. The molecule has 1 fully saturated rings. The number of nitrogens with one attached hydrogen (secondary N) is 1. The molecule has 2 heterocycles. The van der Waals surface area contributed by atoms with Crippen LogP contribution in [-0.4, -0.2) is 38.4 Å². The van der Waals surface area contributed by atoms with Gasteiger partial charge in [-0.1, -0.05) is 12.1 Å². The summed E-state index contributed by atoms with van der Waals surface area (Å²) in [5.41, 5.74) is 1.58. The number of benzene rings is 1. The fourth-order valence-electron chi connectivity index (χ4n) is 2.74. The van der Waals surface area contributed by atoms with Gasteiger partial charge in [0.25, 0.3) is 5.91 Å². The second-order valence-corrected chi connectivity index (χ2v) is 5.71. The normalized spacial score (nSPS) is 21.1. The van der Waals surface area contributed by atoms with Crippen molar-refractivity contribution in [3.8, 4) is 11.3 Å². The minimum atomic E-state index is -0.0990. The molecule has 0 radical (unpaired) electrons. The van der Waals surface area contributed by atoms with Gasteiger partial charge in [0.05, 0.1) is 12.6 Å². The highest BCUT2D eigenvalue weighted by atomic mass is 16.5. The van der Waals surface area contributed by atoms with Crippen LogP contribution in [0, 0.1) is 6.92 Å². The molecule has 2 atom stereocenters. The van der Waals surface area contributed by atoms with Crippen LogP contribution in [0.3, 0.4) is 0 Å². The molecule has 1 amide bonds. The Bertz CT molecular complexity index is 662. The molecule has 1 N–H and O–H groups in total. The van der Waals surface area contributed by atoms with Crippen LogP contribution < -0.4 is 5.32 Å². The summed E-state index contributed by atoms with van der Waals surface area (Å²) in [5, 5.41) is 3.03. The molecular weight excluding hydrogens is 294 g/mol. The van der Waals surface area contributed by atoms with E-state index in [9.17, 15) is 4.79 Å². The Balaban J connectivity index is 1.68. The van der Waals surface area contributed by atoms with E-state index in [2.05, 4.69) is 5.32 Å². The van der Waals surface area contributed by atoms with E-state index in [-0.39, 0.29) is 18.1 Å². The average Bonchev–Trinajstić information content (AvgIpc) is 3.02. The van der Waals surface area contributed by atoms with Gasteiger partial charge in [-0.05, 0) is 37.6 Å². The molecule has 5 heteroatoms. The summed E-state index contributed by atoms with van der Waals surface area (Å²) in [6.07, 6.45) is 0.659. The summed E-state index contributed by atoms with van der Waals surface area (Å²) in [4.78, 5) is 12.4. The zero-order valence-corrected chi connectivity index (χ0v) is 13.4. The van der Waals surface area contributed by atoms with E-state index >= 15 is 0 Å². The van der Waals surface area contributed by atoms with Gasteiger partial charge in [0.1, 0.15) is 17.6 Å². The summed E-state index contributed by atoms with van der Waals surface area (Å²) in [7, 11) is 1.64. The van der Waals surface area contributed by atoms with E-state index in [0.29, 0.717) is 18.8 Å². The molecule has 23 heavy (non-hydrogen) atoms. The minimum absolute atomic E-state index is 0.0198. The molecule has 0 unspecified atom stereocenters. The van der Waals surface area contributed by atoms with Crippen molar-refractivity contribution < 1.29 is 18.7 Å². The molecule has 0 bridgehead atoms. The van der Waals surface area contributed by atoms with Gasteiger partial charge in [-0.25, -0.2) is 0 Å². The number of carbonyl (C=O) groups is 1. The van der Waals surface area contributed by atoms with Crippen molar-refractivity contribution in [2.45, 2.75) is 25.5 Å². The van der Waals surface area contributed by atoms with Crippen molar-refractivity contribution in [1.82, 2.24) is 5.32 Å². The first-order chi connectivity index (χ1) is 11.2. The van der Waals surface area contributed by atoms with Gasteiger partial charge in [0.15, 0.2) is 0 Å². The fourth-order valence-corrected chi connectivity index (χ4v) is 2.74. The van der Waals surface area contributed by atoms with Crippen molar-refractivity contribution >= 4 is 5.91 Å². The second kappa shape index (κ2) is 6.98. The Labute approximate surface area is 135 Å². The van der Waals surface area contributed by atoms with Crippen LogP contribution in [0.2, 0.25) is 0 Å². The molecule has 1 aliphatic heterocycles. The second-order valence-electron chi connectivity index (χ2n) is 5.71. The molecule has 2 aromatic rings. The predicted octanol–water partition coefficient (Wildman–Crippen LogP) is 2.79. The smallest absolute Gasteiger partial charge is 0.251 e. The summed E-state index contributed by atoms with van der Waals surface area (Å²) < 4.78 is 16.3. The highest BCUT2D eigenvalue weighted by Crippen LogP contribution is 2.22. The summed E-state index contributed by atoms with van der Waals surface area (Å²) in [6.45, 7) is 3.06. The quantitative estimate of drug-likeness (QED) is 0.942. The van der Waals surface area contributed by atoms with Crippen molar-refractivity contribution in [2.75, 3.05) is 20.3 Å². The van der Waals surface area contributed by atoms with E-state index in [1.807, 2.05) is 43.3 Å². The molecule has 0 aliphatic carbocycles. The van der Waals surface area contributed by atoms with E-state index in [1.54, 1.807) is 7.11 Å². The number of ether oxygens (including phenoxy) is 2. The number of aryl methyl sites for hydroxylation is 1. The molecule has 5 nitrogen and oxygen atoms in total. The first-order valence-corrected chi connectivity index (χ1v) is 7.75. The third-order valence-electron chi connectivity index (χ3n) is 4.10. The van der Waals surface area contributed by atoms with Gasteiger partial charge in [-0.3, -0.25) is 4.79 Å². The Morgan fingerprint density at radius 1 is 1.22 bits per heavy atom. The van der Waals surface area contributed by atoms with Gasteiger partial charge in [0.2, 0.25) is 0 Å². The molecule has 0 saturated carbocycles. The average molecular weight is 315 g/mol. The molecule has 122 valence electrons. The monoisotopic (exact) mass is 315 g/mol. The zero-order chi connectivity index (χ0) is 16.2. The van der Waals surface area contributed by atoms with Gasteiger partial charge >= 0.3 is 0 Å². The van der Waals surface area contributed by atoms with Crippen molar-refractivity contribution in [2.24, 2.45) is 0 Å². The maximum atomic E-state index is 12.4. The minimum Gasteiger partial charge on any atom is -0.461 e. The lowest BCUT2D eigenvalue weighted by molar-refractivity contribution is -0.0479.